The number of aromatic nitrogens is 1. The second-order valence-corrected chi connectivity index (χ2v) is 5.35. The molecule has 2 heterocycles. The van der Waals surface area contributed by atoms with Gasteiger partial charge in [0.25, 0.3) is 0 Å². The van der Waals surface area contributed by atoms with Gasteiger partial charge < -0.3 is 5.73 Å². The molecule has 100 valence electrons. The molecule has 1 aromatic rings. The van der Waals surface area contributed by atoms with Gasteiger partial charge in [-0.1, -0.05) is 13.0 Å². The normalized spacial score (nSPS) is 25.3. The Morgan fingerprint density at radius 1 is 1.44 bits per heavy atom. The van der Waals surface area contributed by atoms with Crippen LogP contribution in [0.5, 0.6) is 0 Å². The first-order valence-electron chi connectivity index (χ1n) is 7.13. The maximum Gasteiger partial charge on any atom is 0.0403 e. The number of hydrogen-bond donors (Lipinski definition) is 1. The van der Waals surface area contributed by atoms with E-state index in [-0.39, 0.29) is 0 Å². The molecule has 1 saturated heterocycles. The van der Waals surface area contributed by atoms with Gasteiger partial charge in [-0.3, -0.25) is 9.88 Å². The highest BCUT2D eigenvalue weighted by Gasteiger charge is 2.31. The lowest BCUT2D eigenvalue weighted by atomic mass is 9.85. The lowest BCUT2D eigenvalue weighted by Crippen LogP contribution is -2.42. The number of piperidine rings is 1. The molecule has 2 unspecified atom stereocenters. The largest absolute Gasteiger partial charge is 0.330 e. The van der Waals surface area contributed by atoms with E-state index in [1.54, 1.807) is 0 Å². The standard InChI is InChI=1S/C15H25N3/c1-3-8-18-9-4-5-13(10-16)15(18)14-7-6-12(2)17-11-14/h6-7,11,13,15H,3-5,8-10,16H2,1-2H3. The Bertz CT molecular complexity index is 359. The molecule has 2 N–H and O–H groups in total. The molecular formula is C15H25N3. The third-order valence-corrected chi connectivity index (χ3v) is 3.95. The molecule has 0 spiro atoms. The van der Waals surface area contributed by atoms with Crippen molar-refractivity contribution in [1.29, 1.82) is 0 Å². The highest BCUT2D eigenvalue weighted by atomic mass is 15.2. The SMILES string of the molecule is CCCN1CCCC(CN)C1c1ccc(C)nc1. The molecule has 1 aromatic heterocycles. The summed E-state index contributed by atoms with van der Waals surface area (Å²) in [6.45, 7) is 7.42. The molecule has 0 aromatic carbocycles. The van der Waals surface area contributed by atoms with Crippen molar-refractivity contribution in [2.45, 2.75) is 39.2 Å². The van der Waals surface area contributed by atoms with Crippen LogP contribution in [0.15, 0.2) is 18.3 Å². The van der Waals surface area contributed by atoms with Crippen LogP contribution in [0, 0.1) is 12.8 Å². The maximum atomic E-state index is 5.97. The van der Waals surface area contributed by atoms with E-state index in [0.717, 1.165) is 18.8 Å². The summed E-state index contributed by atoms with van der Waals surface area (Å²) in [5.41, 5.74) is 8.39. The van der Waals surface area contributed by atoms with Crippen LogP contribution in [-0.4, -0.2) is 29.5 Å². The minimum atomic E-state index is 0.469. The van der Waals surface area contributed by atoms with Gasteiger partial charge in [0.05, 0.1) is 0 Å². The zero-order chi connectivity index (χ0) is 13.0. The van der Waals surface area contributed by atoms with E-state index in [9.17, 15) is 0 Å². The average molecular weight is 247 g/mol. The molecule has 0 bridgehead atoms. The van der Waals surface area contributed by atoms with Crippen LogP contribution in [-0.2, 0) is 0 Å². The fourth-order valence-corrected chi connectivity index (χ4v) is 3.07. The summed E-state index contributed by atoms with van der Waals surface area (Å²) in [7, 11) is 0. The number of nitrogens with zero attached hydrogens (tertiary/aromatic N) is 2. The number of nitrogens with two attached hydrogens (primary N) is 1. The lowest BCUT2D eigenvalue weighted by Gasteiger charge is -2.41. The molecule has 0 saturated carbocycles. The first kappa shape index (κ1) is 13.5. The summed E-state index contributed by atoms with van der Waals surface area (Å²) >= 11 is 0. The predicted octanol–water partition coefficient (Wildman–Crippen LogP) is 2.51. The Balaban J connectivity index is 2.24. The molecule has 18 heavy (non-hydrogen) atoms. The van der Waals surface area contributed by atoms with Crippen molar-refractivity contribution >= 4 is 0 Å². The van der Waals surface area contributed by atoms with Crippen molar-refractivity contribution < 1.29 is 0 Å². The van der Waals surface area contributed by atoms with Crippen molar-refractivity contribution in [1.82, 2.24) is 9.88 Å². The Labute approximate surface area is 110 Å². The fourth-order valence-electron chi connectivity index (χ4n) is 3.07. The van der Waals surface area contributed by atoms with Crippen molar-refractivity contribution in [2.75, 3.05) is 19.6 Å². The molecule has 2 atom stereocenters. The van der Waals surface area contributed by atoms with E-state index in [1.807, 2.05) is 13.1 Å². The summed E-state index contributed by atoms with van der Waals surface area (Å²) in [6, 6.07) is 4.81. The summed E-state index contributed by atoms with van der Waals surface area (Å²) in [4.78, 5) is 7.04. The first-order valence-corrected chi connectivity index (χ1v) is 7.13. The van der Waals surface area contributed by atoms with Gasteiger partial charge in [0.1, 0.15) is 0 Å². The number of hydrogen-bond acceptors (Lipinski definition) is 3. The Kier molecular flexibility index (Phi) is 4.72. The Morgan fingerprint density at radius 3 is 2.89 bits per heavy atom. The summed E-state index contributed by atoms with van der Waals surface area (Å²) in [6.07, 6.45) is 5.76. The van der Waals surface area contributed by atoms with E-state index in [1.165, 1.54) is 31.4 Å². The molecule has 0 aliphatic carbocycles. The van der Waals surface area contributed by atoms with Crippen LogP contribution in [0.25, 0.3) is 0 Å². The highest BCUT2D eigenvalue weighted by molar-refractivity contribution is 5.19. The van der Waals surface area contributed by atoms with Crippen LogP contribution in [0.3, 0.4) is 0 Å². The van der Waals surface area contributed by atoms with Crippen LogP contribution in [0.1, 0.15) is 43.5 Å². The molecule has 1 fully saturated rings. The predicted molar refractivity (Wildman–Crippen MR) is 75.4 cm³/mol. The summed E-state index contributed by atoms with van der Waals surface area (Å²) < 4.78 is 0. The number of aryl methyl sites for hydroxylation is 1. The molecule has 1 aliphatic rings. The molecule has 0 amide bonds. The van der Waals surface area contributed by atoms with E-state index in [4.69, 9.17) is 5.73 Å². The minimum Gasteiger partial charge on any atom is -0.330 e. The van der Waals surface area contributed by atoms with Gasteiger partial charge in [-0.15, -0.1) is 0 Å². The van der Waals surface area contributed by atoms with Crippen LogP contribution in [0.2, 0.25) is 0 Å². The van der Waals surface area contributed by atoms with Crippen molar-refractivity contribution in [3.05, 3.63) is 29.6 Å². The van der Waals surface area contributed by atoms with Crippen molar-refractivity contribution in [2.24, 2.45) is 11.7 Å². The van der Waals surface area contributed by atoms with E-state index in [0.29, 0.717) is 12.0 Å². The smallest absolute Gasteiger partial charge is 0.0403 e. The third-order valence-electron chi connectivity index (χ3n) is 3.95. The van der Waals surface area contributed by atoms with Crippen molar-refractivity contribution in [3.8, 4) is 0 Å². The Hall–Kier alpha value is -0.930. The van der Waals surface area contributed by atoms with Gasteiger partial charge in [-0.05, 0) is 63.4 Å². The zero-order valence-corrected chi connectivity index (χ0v) is 11.6. The lowest BCUT2D eigenvalue weighted by molar-refractivity contribution is 0.0958. The molecule has 3 heteroatoms. The van der Waals surface area contributed by atoms with Gasteiger partial charge in [0.15, 0.2) is 0 Å². The first-order chi connectivity index (χ1) is 8.76. The van der Waals surface area contributed by atoms with Gasteiger partial charge in [-0.2, -0.15) is 0 Å². The zero-order valence-electron chi connectivity index (χ0n) is 11.6. The molecule has 2 rings (SSSR count). The molecule has 1 aliphatic heterocycles. The van der Waals surface area contributed by atoms with Crippen LogP contribution < -0.4 is 5.73 Å². The number of likely N-dealkylation sites (tertiary alicyclic amines) is 1. The van der Waals surface area contributed by atoms with Crippen LogP contribution >= 0.6 is 0 Å². The van der Waals surface area contributed by atoms with Crippen LogP contribution in [0.4, 0.5) is 0 Å². The van der Waals surface area contributed by atoms with E-state index in [2.05, 4.69) is 28.9 Å². The van der Waals surface area contributed by atoms with E-state index < -0.39 is 0 Å². The van der Waals surface area contributed by atoms with Gasteiger partial charge in [0.2, 0.25) is 0 Å². The number of pyridine rings is 1. The quantitative estimate of drug-likeness (QED) is 0.889. The Morgan fingerprint density at radius 2 is 2.28 bits per heavy atom. The monoisotopic (exact) mass is 247 g/mol. The number of rotatable bonds is 4. The third kappa shape index (κ3) is 2.90. The van der Waals surface area contributed by atoms with Gasteiger partial charge in [0, 0.05) is 17.9 Å². The second-order valence-electron chi connectivity index (χ2n) is 5.35. The average Bonchev–Trinajstić information content (AvgIpc) is 2.40. The van der Waals surface area contributed by atoms with Gasteiger partial charge >= 0.3 is 0 Å². The minimum absolute atomic E-state index is 0.469. The summed E-state index contributed by atoms with van der Waals surface area (Å²) in [5.74, 6) is 0.579. The molecule has 0 radical (unpaired) electrons. The highest BCUT2D eigenvalue weighted by Crippen LogP contribution is 2.35. The molecular weight excluding hydrogens is 222 g/mol. The van der Waals surface area contributed by atoms with Crippen molar-refractivity contribution in [3.63, 3.8) is 0 Å². The van der Waals surface area contributed by atoms with Gasteiger partial charge in [-0.25, -0.2) is 0 Å². The second kappa shape index (κ2) is 6.30. The topological polar surface area (TPSA) is 42.1 Å². The molecule has 3 nitrogen and oxygen atoms in total. The fraction of sp³-hybridized carbons (Fsp3) is 0.667. The summed E-state index contributed by atoms with van der Waals surface area (Å²) in [5, 5.41) is 0. The maximum absolute atomic E-state index is 5.97. The van der Waals surface area contributed by atoms with E-state index >= 15 is 0 Å².